The number of imide groups is 1. The largest absolute Gasteiger partial charge is 0.350 e. The van der Waals surface area contributed by atoms with Crippen LogP contribution in [0.2, 0.25) is 5.02 Å². The second kappa shape index (κ2) is 6.30. The standard InChI is InChI=1S/C18H14Cl2N2O2/c1-10-4-3-5-14(11(10)2)22-17(23)15(20)16(18(22)24)21-13-8-6-12(19)7-9-13/h3-9,21H,1-2H3. The van der Waals surface area contributed by atoms with E-state index in [-0.39, 0.29) is 10.7 Å². The molecule has 1 heterocycles. The smallest absolute Gasteiger partial charge is 0.283 e. The normalized spacial score (nSPS) is 14.6. The van der Waals surface area contributed by atoms with E-state index in [4.69, 9.17) is 23.2 Å². The summed E-state index contributed by atoms with van der Waals surface area (Å²) >= 11 is 12.0. The quantitative estimate of drug-likeness (QED) is 0.825. The Bertz CT molecular complexity index is 873. The van der Waals surface area contributed by atoms with Crippen LogP contribution in [0.1, 0.15) is 11.1 Å². The molecule has 122 valence electrons. The lowest BCUT2D eigenvalue weighted by atomic mass is 10.1. The predicted molar refractivity (Wildman–Crippen MR) is 96.4 cm³/mol. The highest BCUT2D eigenvalue weighted by molar-refractivity contribution is 6.53. The summed E-state index contributed by atoms with van der Waals surface area (Å²) in [5.41, 5.74) is 3.07. The predicted octanol–water partition coefficient (Wildman–Crippen LogP) is 4.39. The van der Waals surface area contributed by atoms with Gasteiger partial charge in [0.25, 0.3) is 11.8 Å². The summed E-state index contributed by atoms with van der Waals surface area (Å²) in [5.74, 6) is -1.01. The van der Waals surface area contributed by atoms with Gasteiger partial charge in [-0.3, -0.25) is 9.59 Å². The van der Waals surface area contributed by atoms with Gasteiger partial charge in [0, 0.05) is 10.7 Å². The second-order valence-electron chi connectivity index (χ2n) is 5.49. The summed E-state index contributed by atoms with van der Waals surface area (Å²) in [6, 6.07) is 12.2. The molecular formula is C18H14Cl2N2O2. The molecule has 0 unspecified atom stereocenters. The average molecular weight is 361 g/mol. The lowest BCUT2D eigenvalue weighted by molar-refractivity contribution is -0.120. The monoisotopic (exact) mass is 360 g/mol. The molecule has 24 heavy (non-hydrogen) atoms. The fourth-order valence-electron chi connectivity index (χ4n) is 2.49. The van der Waals surface area contributed by atoms with E-state index in [1.54, 1.807) is 36.4 Å². The number of amides is 2. The van der Waals surface area contributed by atoms with Gasteiger partial charge in [0.15, 0.2) is 0 Å². The topological polar surface area (TPSA) is 49.4 Å². The maximum Gasteiger partial charge on any atom is 0.283 e. The van der Waals surface area contributed by atoms with E-state index in [2.05, 4.69) is 5.32 Å². The third-order valence-electron chi connectivity index (χ3n) is 3.96. The van der Waals surface area contributed by atoms with Crippen LogP contribution in [0.4, 0.5) is 11.4 Å². The summed E-state index contributed by atoms with van der Waals surface area (Å²) in [7, 11) is 0. The maximum atomic E-state index is 12.7. The lowest BCUT2D eigenvalue weighted by Crippen LogP contribution is -2.33. The molecule has 0 saturated carbocycles. The minimum atomic E-state index is -0.535. The van der Waals surface area contributed by atoms with E-state index in [9.17, 15) is 9.59 Å². The Balaban J connectivity index is 1.95. The van der Waals surface area contributed by atoms with Gasteiger partial charge in [-0.05, 0) is 55.3 Å². The number of carbonyl (C=O) groups is 2. The number of carbonyl (C=O) groups excluding carboxylic acids is 2. The van der Waals surface area contributed by atoms with Crippen LogP contribution >= 0.6 is 23.2 Å². The third kappa shape index (κ3) is 2.79. The number of hydrogen-bond donors (Lipinski definition) is 1. The van der Waals surface area contributed by atoms with Crippen LogP contribution < -0.4 is 10.2 Å². The SMILES string of the molecule is Cc1cccc(N2C(=O)C(Cl)=C(Nc3ccc(Cl)cc3)C2=O)c1C. The Morgan fingerprint density at radius 1 is 0.917 bits per heavy atom. The number of nitrogens with one attached hydrogen (secondary N) is 1. The van der Waals surface area contributed by atoms with Crippen molar-refractivity contribution in [3.63, 3.8) is 0 Å². The molecule has 0 atom stereocenters. The zero-order chi connectivity index (χ0) is 17.4. The van der Waals surface area contributed by atoms with Crippen molar-refractivity contribution in [2.75, 3.05) is 10.2 Å². The van der Waals surface area contributed by atoms with Crippen molar-refractivity contribution >= 4 is 46.4 Å². The molecule has 2 aromatic carbocycles. The van der Waals surface area contributed by atoms with Crippen LogP contribution in [0, 0.1) is 13.8 Å². The summed E-state index contributed by atoms with van der Waals surface area (Å²) in [4.78, 5) is 26.3. The van der Waals surface area contributed by atoms with E-state index in [0.29, 0.717) is 16.4 Å². The lowest BCUT2D eigenvalue weighted by Gasteiger charge is -2.18. The molecule has 0 bridgehead atoms. The first-order valence-electron chi connectivity index (χ1n) is 7.27. The molecule has 0 spiro atoms. The van der Waals surface area contributed by atoms with Gasteiger partial charge in [-0.15, -0.1) is 0 Å². The fraction of sp³-hybridized carbons (Fsp3) is 0.111. The molecule has 1 aliphatic rings. The van der Waals surface area contributed by atoms with E-state index in [0.717, 1.165) is 16.0 Å². The minimum Gasteiger partial charge on any atom is -0.350 e. The molecule has 0 aliphatic carbocycles. The molecule has 2 amide bonds. The zero-order valence-corrected chi connectivity index (χ0v) is 14.6. The van der Waals surface area contributed by atoms with Crippen LogP contribution in [0.15, 0.2) is 53.2 Å². The molecule has 0 radical (unpaired) electrons. The highest BCUT2D eigenvalue weighted by Crippen LogP contribution is 2.32. The highest BCUT2D eigenvalue weighted by Gasteiger charge is 2.39. The molecule has 6 heteroatoms. The van der Waals surface area contributed by atoms with Crippen molar-refractivity contribution in [1.29, 1.82) is 0 Å². The molecule has 4 nitrogen and oxygen atoms in total. The molecule has 0 saturated heterocycles. The van der Waals surface area contributed by atoms with E-state index < -0.39 is 11.8 Å². The van der Waals surface area contributed by atoms with Crippen molar-refractivity contribution in [2.24, 2.45) is 0 Å². The van der Waals surface area contributed by atoms with Crippen LogP contribution in [0.25, 0.3) is 0 Å². The number of hydrogen-bond acceptors (Lipinski definition) is 3. The van der Waals surface area contributed by atoms with E-state index in [1.807, 2.05) is 19.9 Å². The Kier molecular flexibility index (Phi) is 4.35. The van der Waals surface area contributed by atoms with Gasteiger partial charge in [0.1, 0.15) is 10.7 Å². The first-order valence-corrected chi connectivity index (χ1v) is 8.03. The summed E-state index contributed by atoms with van der Waals surface area (Å²) < 4.78 is 0. The Morgan fingerprint density at radius 2 is 1.58 bits per heavy atom. The van der Waals surface area contributed by atoms with Gasteiger partial charge < -0.3 is 5.32 Å². The van der Waals surface area contributed by atoms with Gasteiger partial charge in [-0.25, -0.2) is 4.90 Å². The summed E-state index contributed by atoms with van der Waals surface area (Å²) in [6.07, 6.45) is 0. The Labute approximate surface area is 149 Å². The van der Waals surface area contributed by atoms with Gasteiger partial charge in [-0.1, -0.05) is 35.3 Å². The fourth-order valence-corrected chi connectivity index (χ4v) is 2.82. The maximum absolute atomic E-state index is 12.7. The molecule has 0 aromatic heterocycles. The number of nitrogens with zero attached hydrogens (tertiary/aromatic N) is 1. The highest BCUT2D eigenvalue weighted by atomic mass is 35.5. The van der Waals surface area contributed by atoms with Crippen LogP contribution in [-0.2, 0) is 9.59 Å². The summed E-state index contributed by atoms with van der Waals surface area (Å²) in [6.45, 7) is 3.79. The van der Waals surface area contributed by atoms with Crippen molar-refractivity contribution in [1.82, 2.24) is 0 Å². The number of benzene rings is 2. The molecule has 0 fully saturated rings. The second-order valence-corrected chi connectivity index (χ2v) is 6.30. The molecule has 3 rings (SSSR count). The third-order valence-corrected chi connectivity index (χ3v) is 4.56. The number of anilines is 2. The van der Waals surface area contributed by atoms with Crippen molar-refractivity contribution in [3.05, 3.63) is 69.3 Å². The first kappa shape index (κ1) is 16.6. The van der Waals surface area contributed by atoms with E-state index >= 15 is 0 Å². The van der Waals surface area contributed by atoms with Gasteiger partial charge >= 0.3 is 0 Å². The van der Waals surface area contributed by atoms with Crippen LogP contribution in [-0.4, -0.2) is 11.8 Å². The number of aryl methyl sites for hydroxylation is 1. The number of halogens is 2. The molecule has 2 aromatic rings. The first-order chi connectivity index (χ1) is 11.4. The van der Waals surface area contributed by atoms with Gasteiger partial charge in [0.2, 0.25) is 0 Å². The molecule has 1 N–H and O–H groups in total. The van der Waals surface area contributed by atoms with Crippen molar-refractivity contribution in [2.45, 2.75) is 13.8 Å². The van der Waals surface area contributed by atoms with Gasteiger partial charge in [-0.2, -0.15) is 0 Å². The average Bonchev–Trinajstić information content (AvgIpc) is 2.76. The minimum absolute atomic E-state index is 0.0601. The molecular weight excluding hydrogens is 347 g/mol. The summed E-state index contributed by atoms with van der Waals surface area (Å²) in [5, 5.41) is 3.36. The van der Waals surface area contributed by atoms with Crippen LogP contribution in [0.3, 0.4) is 0 Å². The Morgan fingerprint density at radius 3 is 2.25 bits per heavy atom. The van der Waals surface area contributed by atoms with E-state index in [1.165, 1.54) is 0 Å². The van der Waals surface area contributed by atoms with Crippen molar-refractivity contribution in [3.8, 4) is 0 Å². The van der Waals surface area contributed by atoms with Crippen molar-refractivity contribution < 1.29 is 9.59 Å². The number of rotatable bonds is 3. The van der Waals surface area contributed by atoms with Crippen LogP contribution in [0.5, 0.6) is 0 Å². The molecule has 1 aliphatic heterocycles. The van der Waals surface area contributed by atoms with Gasteiger partial charge in [0.05, 0.1) is 5.69 Å². The zero-order valence-electron chi connectivity index (χ0n) is 13.1. The Hall–Kier alpha value is -2.30.